The summed E-state index contributed by atoms with van der Waals surface area (Å²) in [6.45, 7) is 11.2. The summed E-state index contributed by atoms with van der Waals surface area (Å²) in [5.74, 6) is 1.40. The molecule has 1 atom stereocenters. The number of methoxy groups -OCH3 is 1. The Morgan fingerprint density at radius 3 is 2.47 bits per heavy atom. The molecule has 0 unspecified atom stereocenters. The molecule has 1 heterocycles. The number of amides is 1. The van der Waals surface area contributed by atoms with E-state index in [1.807, 2.05) is 62.1 Å². The van der Waals surface area contributed by atoms with Gasteiger partial charge in [0.2, 0.25) is 0 Å². The lowest BCUT2D eigenvalue weighted by molar-refractivity contribution is 0.000531. The molecule has 0 saturated carbocycles. The second kappa shape index (κ2) is 10.6. The Morgan fingerprint density at radius 1 is 1.12 bits per heavy atom. The molecule has 6 nitrogen and oxygen atoms in total. The van der Waals surface area contributed by atoms with E-state index in [1.54, 1.807) is 7.11 Å². The van der Waals surface area contributed by atoms with Crippen molar-refractivity contribution in [1.29, 1.82) is 0 Å². The van der Waals surface area contributed by atoms with E-state index in [0.29, 0.717) is 24.7 Å². The zero-order valence-electron chi connectivity index (χ0n) is 19.6. The molecule has 1 fully saturated rings. The molecule has 1 aliphatic rings. The highest BCUT2D eigenvalue weighted by Gasteiger charge is 2.31. The van der Waals surface area contributed by atoms with Crippen LogP contribution < -0.4 is 9.47 Å². The summed E-state index contributed by atoms with van der Waals surface area (Å²) in [4.78, 5) is 16.7. The average molecular weight is 505 g/mol. The number of ether oxygens (including phenoxy) is 3. The Hall–Kier alpha value is -2.25. The minimum Gasteiger partial charge on any atom is -0.493 e. The fourth-order valence-corrected chi connectivity index (χ4v) is 4.30. The Bertz CT molecular complexity index is 914. The number of rotatable bonds is 6. The number of hydrogen-bond acceptors (Lipinski definition) is 5. The third-order valence-electron chi connectivity index (χ3n) is 5.32. The van der Waals surface area contributed by atoms with Crippen molar-refractivity contribution in [2.24, 2.45) is 0 Å². The van der Waals surface area contributed by atoms with Crippen molar-refractivity contribution in [2.45, 2.75) is 52.5 Å². The van der Waals surface area contributed by atoms with E-state index in [4.69, 9.17) is 14.2 Å². The van der Waals surface area contributed by atoms with Gasteiger partial charge in [0, 0.05) is 32.2 Å². The Labute approximate surface area is 199 Å². The van der Waals surface area contributed by atoms with Gasteiger partial charge in [0.15, 0.2) is 11.5 Å². The molecule has 3 rings (SSSR count). The molecule has 1 saturated heterocycles. The standard InChI is InChI=1S/C25H33BrN2O4/c1-18-15-27(13-14-28(18)24(29)32-25(2,3)4)16-20-11-12-21(30-5)23(22(20)26)31-17-19-9-7-6-8-10-19/h6-12,18H,13-17H2,1-5H3/t18-/m1/s1. The van der Waals surface area contributed by atoms with Crippen LogP contribution in [-0.4, -0.2) is 54.3 Å². The molecule has 0 aliphatic carbocycles. The third-order valence-corrected chi connectivity index (χ3v) is 6.19. The van der Waals surface area contributed by atoms with Gasteiger partial charge in [-0.05, 0) is 60.8 Å². The average Bonchev–Trinajstić information content (AvgIpc) is 2.73. The van der Waals surface area contributed by atoms with E-state index in [1.165, 1.54) is 0 Å². The van der Waals surface area contributed by atoms with Crippen LogP contribution >= 0.6 is 15.9 Å². The number of hydrogen-bond donors (Lipinski definition) is 0. The second-order valence-electron chi connectivity index (χ2n) is 9.10. The molecule has 32 heavy (non-hydrogen) atoms. The molecular formula is C25H33BrN2O4. The van der Waals surface area contributed by atoms with Gasteiger partial charge in [-0.25, -0.2) is 4.79 Å². The first-order valence-corrected chi connectivity index (χ1v) is 11.7. The predicted molar refractivity (Wildman–Crippen MR) is 129 cm³/mol. The molecule has 7 heteroatoms. The van der Waals surface area contributed by atoms with Crippen molar-refractivity contribution in [3.8, 4) is 11.5 Å². The van der Waals surface area contributed by atoms with Gasteiger partial charge < -0.3 is 19.1 Å². The smallest absolute Gasteiger partial charge is 0.410 e. The van der Waals surface area contributed by atoms with Gasteiger partial charge in [0.1, 0.15) is 12.2 Å². The van der Waals surface area contributed by atoms with Crippen LogP contribution in [-0.2, 0) is 17.9 Å². The zero-order chi connectivity index (χ0) is 23.3. The highest BCUT2D eigenvalue weighted by molar-refractivity contribution is 9.10. The number of benzene rings is 2. The van der Waals surface area contributed by atoms with Gasteiger partial charge in [-0.3, -0.25) is 4.90 Å². The van der Waals surface area contributed by atoms with Gasteiger partial charge in [0.25, 0.3) is 0 Å². The van der Waals surface area contributed by atoms with Crippen LogP contribution in [0.25, 0.3) is 0 Å². The first-order chi connectivity index (χ1) is 15.2. The molecule has 2 aromatic rings. The Morgan fingerprint density at radius 2 is 1.84 bits per heavy atom. The van der Waals surface area contributed by atoms with E-state index in [0.717, 1.165) is 35.2 Å². The fraction of sp³-hybridized carbons (Fsp3) is 0.480. The van der Waals surface area contributed by atoms with Crippen molar-refractivity contribution in [2.75, 3.05) is 26.7 Å². The predicted octanol–water partition coefficient (Wildman–Crippen LogP) is 5.48. The van der Waals surface area contributed by atoms with Crippen molar-refractivity contribution >= 4 is 22.0 Å². The van der Waals surface area contributed by atoms with Crippen LogP contribution in [0.1, 0.15) is 38.8 Å². The maximum atomic E-state index is 12.5. The van der Waals surface area contributed by atoms with Crippen molar-refractivity contribution in [1.82, 2.24) is 9.80 Å². The summed E-state index contributed by atoms with van der Waals surface area (Å²) in [5, 5.41) is 0. The molecule has 0 bridgehead atoms. The monoisotopic (exact) mass is 504 g/mol. The topological polar surface area (TPSA) is 51.2 Å². The van der Waals surface area contributed by atoms with Gasteiger partial charge in [-0.2, -0.15) is 0 Å². The fourth-order valence-electron chi connectivity index (χ4n) is 3.74. The third kappa shape index (κ3) is 6.39. The summed E-state index contributed by atoms with van der Waals surface area (Å²) in [7, 11) is 1.65. The van der Waals surface area contributed by atoms with Crippen LogP contribution in [0.5, 0.6) is 11.5 Å². The van der Waals surface area contributed by atoms with Crippen LogP contribution in [0.2, 0.25) is 0 Å². The summed E-state index contributed by atoms with van der Waals surface area (Å²) < 4.78 is 18.1. The SMILES string of the molecule is COc1ccc(CN2CCN(C(=O)OC(C)(C)C)[C@H](C)C2)c(Br)c1OCc1ccccc1. The van der Waals surface area contributed by atoms with E-state index in [-0.39, 0.29) is 12.1 Å². The normalized spacial score (nSPS) is 17.2. The molecule has 0 radical (unpaired) electrons. The molecule has 0 spiro atoms. The Kier molecular flexibility index (Phi) is 8.06. The van der Waals surface area contributed by atoms with Crippen LogP contribution in [0, 0.1) is 0 Å². The minimum atomic E-state index is -0.488. The lowest BCUT2D eigenvalue weighted by Crippen LogP contribution is -2.54. The number of nitrogens with zero attached hydrogens (tertiary/aromatic N) is 2. The second-order valence-corrected chi connectivity index (χ2v) is 9.90. The molecule has 1 aliphatic heterocycles. The molecule has 174 valence electrons. The van der Waals surface area contributed by atoms with Crippen LogP contribution in [0.15, 0.2) is 46.9 Å². The first-order valence-electron chi connectivity index (χ1n) is 10.9. The summed E-state index contributed by atoms with van der Waals surface area (Å²) >= 11 is 3.74. The van der Waals surface area contributed by atoms with Crippen LogP contribution in [0.4, 0.5) is 4.79 Å². The van der Waals surface area contributed by atoms with Gasteiger partial charge in [0.05, 0.1) is 11.6 Å². The van der Waals surface area contributed by atoms with E-state index < -0.39 is 5.60 Å². The lowest BCUT2D eigenvalue weighted by Gasteiger charge is -2.40. The number of piperazine rings is 1. The number of halogens is 1. The summed E-state index contributed by atoms with van der Waals surface area (Å²) in [5.41, 5.74) is 1.73. The molecule has 0 N–H and O–H groups in total. The highest BCUT2D eigenvalue weighted by atomic mass is 79.9. The van der Waals surface area contributed by atoms with Gasteiger partial charge in [-0.1, -0.05) is 36.4 Å². The van der Waals surface area contributed by atoms with E-state index >= 15 is 0 Å². The quantitative estimate of drug-likeness (QED) is 0.521. The van der Waals surface area contributed by atoms with E-state index in [9.17, 15) is 4.79 Å². The largest absolute Gasteiger partial charge is 0.493 e. The maximum Gasteiger partial charge on any atom is 0.410 e. The minimum absolute atomic E-state index is 0.0735. The number of carbonyl (C=O) groups excluding carboxylic acids is 1. The van der Waals surface area contributed by atoms with Gasteiger partial charge in [-0.15, -0.1) is 0 Å². The lowest BCUT2D eigenvalue weighted by atomic mass is 10.1. The molecule has 1 amide bonds. The first kappa shape index (κ1) is 24.4. The van der Waals surface area contributed by atoms with E-state index in [2.05, 4.69) is 33.8 Å². The van der Waals surface area contributed by atoms with Gasteiger partial charge >= 0.3 is 6.09 Å². The molecular weight excluding hydrogens is 472 g/mol. The Balaban J connectivity index is 1.67. The summed E-state index contributed by atoms with van der Waals surface area (Å²) in [6, 6.07) is 14.1. The highest BCUT2D eigenvalue weighted by Crippen LogP contribution is 2.39. The van der Waals surface area contributed by atoms with Crippen molar-refractivity contribution < 1.29 is 19.0 Å². The number of carbonyl (C=O) groups is 1. The molecule has 0 aromatic heterocycles. The maximum absolute atomic E-state index is 12.5. The van der Waals surface area contributed by atoms with Crippen LogP contribution in [0.3, 0.4) is 0 Å². The summed E-state index contributed by atoms with van der Waals surface area (Å²) in [6.07, 6.45) is -0.244. The molecule has 2 aromatic carbocycles. The van der Waals surface area contributed by atoms with Crippen molar-refractivity contribution in [3.05, 3.63) is 58.1 Å². The zero-order valence-corrected chi connectivity index (χ0v) is 21.1. The van der Waals surface area contributed by atoms with Crippen molar-refractivity contribution in [3.63, 3.8) is 0 Å².